The Morgan fingerprint density at radius 1 is 1.78 bits per heavy atom. The molecule has 54 valence electrons. The predicted octanol–water partition coefficient (Wildman–Crippen LogP) is 1.04. The van der Waals surface area contributed by atoms with Crippen molar-refractivity contribution in [2.45, 2.75) is 11.2 Å². The Kier molecular flexibility index (Phi) is 5.42. The van der Waals surface area contributed by atoms with Crippen molar-refractivity contribution in [2.24, 2.45) is 0 Å². The molecule has 0 radical (unpaired) electrons. The summed E-state index contributed by atoms with van der Waals surface area (Å²) < 4.78 is 0. The van der Waals surface area contributed by atoms with Crippen LogP contribution in [0.1, 0.15) is 6.42 Å². The Morgan fingerprint density at radius 2 is 2.33 bits per heavy atom. The van der Waals surface area contributed by atoms with Crippen molar-refractivity contribution in [3.05, 3.63) is 0 Å². The summed E-state index contributed by atoms with van der Waals surface area (Å²) in [6.45, 7) is 0. The van der Waals surface area contributed by atoms with Gasteiger partial charge in [-0.25, -0.2) is 5.48 Å². The van der Waals surface area contributed by atoms with Gasteiger partial charge in [0.2, 0.25) is 0 Å². The first kappa shape index (κ1) is 9.39. The normalized spacial score (nSPS) is 12.8. The Balaban J connectivity index is 3.45. The molecule has 0 spiro atoms. The van der Waals surface area contributed by atoms with E-state index in [1.165, 1.54) is 0 Å². The van der Waals surface area contributed by atoms with Crippen LogP contribution in [0.5, 0.6) is 0 Å². The zero-order valence-corrected chi connectivity index (χ0v) is 7.77. The molecule has 1 atom stereocenters. The first-order valence-electron chi connectivity index (χ1n) is 2.36. The van der Waals surface area contributed by atoms with Gasteiger partial charge in [0.1, 0.15) is 0 Å². The molecule has 0 aliphatic rings. The highest BCUT2D eigenvalue weighted by Gasteiger charge is 2.11. The van der Waals surface area contributed by atoms with E-state index in [0.717, 1.165) is 5.33 Å². The van der Waals surface area contributed by atoms with Crippen molar-refractivity contribution in [2.75, 3.05) is 5.33 Å². The first-order chi connectivity index (χ1) is 4.22. The number of carbonyl (C=O) groups is 1. The lowest BCUT2D eigenvalue weighted by Crippen LogP contribution is -2.28. The monoisotopic (exact) mass is 259 g/mol. The van der Waals surface area contributed by atoms with Gasteiger partial charge in [0, 0.05) is 5.33 Å². The van der Waals surface area contributed by atoms with Crippen LogP contribution in [0.2, 0.25) is 0 Å². The zero-order chi connectivity index (χ0) is 7.28. The number of halogens is 2. The molecule has 3 nitrogen and oxygen atoms in total. The topological polar surface area (TPSA) is 49.3 Å². The largest absolute Gasteiger partial charge is 0.289 e. The second-order valence-corrected chi connectivity index (χ2v) is 3.32. The standard InChI is InChI=1S/C4H7Br2NO2/c5-2-1-3(6)4(8)7-9/h3,9H,1-2H2,(H,7,8). The molecule has 0 aromatic heterocycles. The minimum atomic E-state index is -0.408. The van der Waals surface area contributed by atoms with Crippen LogP contribution in [-0.4, -0.2) is 21.3 Å². The van der Waals surface area contributed by atoms with Gasteiger partial charge in [-0.2, -0.15) is 0 Å². The fourth-order valence-corrected chi connectivity index (χ4v) is 1.70. The van der Waals surface area contributed by atoms with E-state index < -0.39 is 5.91 Å². The number of rotatable bonds is 3. The Bertz CT molecular complexity index is 98.6. The van der Waals surface area contributed by atoms with Crippen LogP contribution < -0.4 is 5.48 Å². The van der Waals surface area contributed by atoms with Crippen LogP contribution in [-0.2, 0) is 4.79 Å². The summed E-state index contributed by atoms with van der Waals surface area (Å²) in [5.41, 5.74) is 1.54. The summed E-state index contributed by atoms with van der Waals surface area (Å²) >= 11 is 6.22. The second-order valence-electron chi connectivity index (χ2n) is 1.42. The molecule has 1 amide bonds. The predicted molar refractivity (Wildman–Crippen MR) is 41.1 cm³/mol. The maximum atomic E-state index is 10.5. The van der Waals surface area contributed by atoms with Gasteiger partial charge in [-0.15, -0.1) is 0 Å². The molecule has 0 fully saturated rings. The van der Waals surface area contributed by atoms with Gasteiger partial charge in [-0.05, 0) is 6.42 Å². The molecule has 0 rings (SSSR count). The highest BCUT2D eigenvalue weighted by atomic mass is 79.9. The lowest BCUT2D eigenvalue weighted by atomic mass is 10.3. The van der Waals surface area contributed by atoms with Crippen molar-refractivity contribution >= 4 is 37.8 Å². The van der Waals surface area contributed by atoms with Crippen molar-refractivity contribution in [1.29, 1.82) is 0 Å². The molecule has 0 aromatic rings. The molecular formula is C4H7Br2NO2. The Hall–Kier alpha value is 0.390. The van der Waals surface area contributed by atoms with Crippen molar-refractivity contribution in [3.63, 3.8) is 0 Å². The average Bonchev–Trinajstić information content (AvgIpc) is 1.87. The average molecular weight is 261 g/mol. The molecule has 0 saturated carbocycles. The van der Waals surface area contributed by atoms with E-state index in [2.05, 4.69) is 31.9 Å². The van der Waals surface area contributed by atoms with E-state index in [0.29, 0.717) is 6.42 Å². The van der Waals surface area contributed by atoms with Gasteiger partial charge in [0.15, 0.2) is 0 Å². The SMILES string of the molecule is O=C(NO)C(Br)CCBr. The summed E-state index contributed by atoms with van der Waals surface area (Å²) in [6.07, 6.45) is 0.659. The van der Waals surface area contributed by atoms with Crippen LogP contribution in [0.25, 0.3) is 0 Å². The van der Waals surface area contributed by atoms with E-state index in [4.69, 9.17) is 5.21 Å². The minimum Gasteiger partial charge on any atom is -0.289 e. The smallest absolute Gasteiger partial charge is 0.257 e. The summed E-state index contributed by atoms with van der Waals surface area (Å²) in [7, 11) is 0. The van der Waals surface area contributed by atoms with Crippen LogP contribution in [0.3, 0.4) is 0 Å². The fourth-order valence-electron chi connectivity index (χ4n) is 0.297. The van der Waals surface area contributed by atoms with E-state index >= 15 is 0 Å². The quantitative estimate of drug-likeness (QED) is 0.453. The van der Waals surface area contributed by atoms with Gasteiger partial charge >= 0.3 is 0 Å². The highest BCUT2D eigenvalue weighted by Crippen LogP contribution is 2.06. The maximum Gasteiger partial charge on any atom is 0.257 e. The van der Waals surface area contributed by atoms with Gasteiger partial charge in [-0.1, -0.05) is 31.9 Å². The van der Waals surface area contributed by atoms with Crippen LogP contribution >= 0.6 is 31.9 Å². The van der Waals surface area contributed by atoms with E-state index in [-0.39, 0.29) is 4.83 Å². The molecule has 1 unspecified atom stereocenters. The number of hydrogen-bond donors (Lipinski definition) is 2. The number of nitrogens with one attached hydrogen (secondary N) is 1. The van der Waals surface area contributed by atoms with Crippen molar-refractivity contribution < 1.29 is 10.0 Å². The van der Waals surface area contributed by atoms with Crippen molar-refractivity contribution in [3.8, 4) is 0 Å². The van der Waals surface area contributed by atoms with Gasteiger partial charge < -0.3 is 0 Å². The molecule has 0 aliphatic heterocycles. The fraction of sp³-hybridized carbons (Fsp3) is 0.750. The zero-order valence-electron chi connectivity index (χ0n) is 4.60. The first-order valence-corrected chi connectivity index (χ1v) is 4.40. The molecule has 0 aromatic carbocycles. The summed E-state index contributed by atoms with van der Waals surface area (Å²) in [5.74, 6) is -0.408. The maximum absolute atomic E-state index is 10.5. The third-order valence-electron chi connectivity index (χ3n) is 0.757. The summed E-state index contributed by atoms with van der Waals surface area (Å²) in [6, 6.07) is 0. The lowest BCUT2D eigenvalue weighted by Gasteiger charge is -2.02. The number of carbonyl (C=O) groups excluding carboxylic acids is 1. The van der Waals surface area contributed by atoms with Gasteiger partial charge in [0.25, 0.3) is 5.91 Å². The van der Waals surface area contributed by atoms with Crippen LogP contribution in [0.4, 0.5) is 0 Å². The molecule has 5 heteroatoms. The molecule has 2 N–H and O–H groups in total. The van der Waals surface area contributed by atoms with Gasteiger partial charge in [0.05, 0.1) is 4.83 Å². The van der Waals surface area contributed by atoms with E-state index in [9.17, 15) is 4.79 Å². The van der Waals surface area contributed by atoms with E-state index in [1.807, 2.05) is 0 Å². The molecule has 0 heterocycles. The minimum absolute atomic E-state index is 0.304. The Labute approximate surface area is 70.0 Å². The molecule has 0 saturated heterocycles. The lowest BCUT2D eigenvalue weighted by molar-refractivity contribution is -0.128. The number of hydrogen-bond acceptors (Lipinski definition) is 2. The molecule has 0 bridgehead atoms. The second kappa shape index (κ2) is 5.20. The van der Waals surface area contributed by atoms with E-state index in [1.54, 1.807) is 5.48 Å². The van der Waals surface area contributed by atoms with Crippen molar-refractivity contribution in [1.82, 2.24) is 5.48 Å². The third-order valence-corrected chi connectivity index (χ3v) is 2.09. The molecule has 0 aliphatic carbocycles. The third kappa shape index (κ3) is 3.89. The Morgan fingerprint density at radius 3 is 2.67 bits per heavy atom. The number of alkyl halides is 2. The van der Waals surface area contributed by atoms with Crippen LogP contribution in [0, 0.1) is 0 Å². The van der Waals surface area contributed by atoms with Crippen LogP contribution in [0.15, 0.2) is 0 Å². The molecular weight excluding hydrogens is 254 g/mol. The number of amides is 1. The summed E-state index contributed by atoms with van der Waals surface area (Å²) in [4.78, 5) is 10.2. The molecule has 9 heavy (non-hydrogen) atoms. The summed E-state index contributed by atoms with van der Waals surface area (Å²) in [5, 5.41) is 8.82. The highest BCUT2D eigenvalue weighted by molar-refractivity contribution is 9.10. The number of hydroxylamine groups is 1. The van der Waals surface area contributed by atoms with Gasteiger partial charge in [-0.3, -0.25) is 10.0 Å².